The molecule has 0 aliphatic heterocycles. The Bertz CT molecular complexity index is 403. The summed E-state index contributed by atoms with van der Waals surface area (Å²) in [5.74, 6) is -0.619. The van der Waals surface area contributed by atoms with Gasteiger partial charge in [-0.05, 0) is 31.5 Å². The van der Waals surface area contributed by atoms with Gasteiger partial charge in [-0.3, -0.25) is 4.79 Å². The van der Waals surface area contributed by atoms with Gasteiger partial charge in [-0.25, -0.2) is 4.39 Å². The van der Waals surface area contributed by atoms with E-state index in [-0.39, 0.29) is 17.7 Å². The Morgan fingerprint density at radius 2 is 2.17 bits per heavy atom. The first-order valence-electron chi connectivity index (χ1n) is 5.90. The molecule has 0 bridgehead atoms. The van der Waals surface area contributed by atoms with Crippen LogP contribution in [0, 0.1) is 5.82 Å². The molecule has 0 saturated carbocycles. The van der Waals surface area contributed by atoms with Gasteiger partial charge in [0.1, 0.15) is 11.6 Å². The van der Waals surface area contributed by atoms with Gasteiger partial charge < -0.3 is 15.3 Å². The third kappa shape index (κ3) is 4.00. The molecule has 0 radical (unpaired) electrons. The number of carbonyl (C=O) groups is 1. The van der Waals surface area contributed by atoms with Crippen molar-refractivity contribution in [3.8, 4) is 5.75 Å². The third-order valence-electron chi connectivity index (χ3n) is 2.78. The molecule has 2 N–H and O–H groups in total. The van der Waals surface area contributed by atoms with Gasteiger partial charge in [0.15, 0.2) is 0 Å². The van der Waals surface area contributed by atoms with Crippen molar-refractivity contribution in [3.63, 3.8) is 0 Å². The average molecular weight is 254 g/mol. The van der Waals surface area contributed by atoms with E-state index in [0.29, 0.717) is 18.7 Å². The minimum absolute atomic E-state index is 0.0156. The quantitative estimate of drug-likeness (QED) is 0.837. The maximum Gasteiger partial charge on any atom is 0.239 e. The van der Waals surface area contributed by atoms with Crippen LogP contribution in [0.1, 0.15) is 19.4 Å². The zero-order valence-electron chi connectivity index (χ0n) is 10.9. The van der Waals surface area contributed by atoms with Crippen molar-refractivity contribution in [2.75, 3.05) is 13.6 Å². The zero-order valence-corrected chi connectivity index (χ0v) is 10.9. The van der Waals surface area contributed by atoms with E-state index >= 15 is 0 Å². The van der Waals surface area contributed by atoms with E-state index in [4.69, 9.17) is 0 Å². The van der Waals surface area contributed by atoms with Crippen molar-refractivity contribution >= 4 is 5.91 Å². The summed E-state index contributed by atoms with van der Waals surface area (Å²) >= 11 is 0. The second kappa shape index (κ2) is 6.35. The summed E-state index contributed by atoms with van der Waals surface area (Å²) in [6.07, 6.45) is 0. The largest absolute Gasteiger partial charge is 0.508 e. The van der Waals surface area contributed by atoms with E-state index < -0.39 is 5.82 Å². The predicted octanol–water partition coefficient (Wildman–Crippen LogP) is 1.49. The fraction of sp³-hybridized carbons (Fsp3) is 0.462. The molecule has 0 aliphatic carbocycles. The summed E-state index contributed by atoms with van der Waals surface area (Å²) in [6, 6.07) is 3.49. The zero-order chi connectivity index (χ0) is 13.7. The topological polar surface area (TPSA) is 52.6 Å². The van der Waals surface area contributed by atoms with Crippen LogP contribution in [0.3, 0.4) is 0 Å². The second-order valence-electron chi connectivity index (χ2n) is 4.27. The van der Waals surface area contributed by atoms with Crippen LogP contribution >= 0.6 is 0 Å². The lowest BCUT2D eigenvalue weighted by Crippen LogP contribution is -2.42. The number of halogens is 1. The Kier molecular flexibility index (Phi) is 5.09. The summed E-state index contributed by atoms with van der Waals surface area (Å²) in [5, 5.41) is 12.3. The van der Waals surface area contributed by atoms with Crippen LogP contribution in [0.15, 0.2) is 18.2 Å². The number of amides is 1. The Labute approximate surface area is 106 Å². The average Bonchev–Trinajstić information content (AvgIpc) is 2.32. The highest BCUT2D eigenvalue weighted by Gasteiger charge is 2.15. The summed E-state index contributed by atoms with van der Waals surface area (Å²) in [7, 11) is 1.73. The Hall–Kier alpha value is -1.62. The molecule has 5 heteroatoms. The number of nitrogens with zero attached hydrogens (tertiary/aromatic N) is 1. The van der Waals surface area contributed by atoms with Gasteiger partial charge in [0.05, 0.1) is 6.04 Å². The number of nitrogens with one attached hydrogen (secondary N) is 1. The van der Waals surface area contributed by atoms with Gasteiger partial charge in [0.2, 0.25) is 5.91 Å². The summed E-state index contributed by atoms with van der Waals surface area (Å²) in [6.45, 7) is 4.63. The van der Waals surface area contributed by atoms with Gasteiger partial charge in [0.25, 0.3) is 0 Å². The van der Waals surface area contributed by atoms with Crippen molar-refractivity contribution in [3.05, 3.63) is 29.6 Å². The highest BCUT2D eigenvalue weighted by atomic mass is 19.1. The van der Waals surface area contributed by atoms with Crippen molar-refractivity contribution in [1.82, 2.24) is 10.2 Å². The molecule has 4 nitrogen and oxygen atoms in total. The van der Waals surface area contributed by atoms with Crippen molar-refractivity contribution in [1.29, 1.82) is 0 Å². The molecular formula is C13H19FN2O2. The number of hydrogen-bond donors (Lipinski definition) is 2. The van der Waals surface area contributed by atoms with Crippen LogP contribution in [0.4, 0.5) is 4.39 Å². The van der Waals surface area contributed by atoms with E-state index in [0.717, 1.165) is 6.07 Å². The van der Waals surface area contributed by atoms with Gasteiger partial charge in [0, 0.05) is 26.2 Å². The lowest BCUT2D eigenvalue weighted by molar-refractivity contribution is -0.131. The molecule has 0 spiro atoms. The molecule has 1 rings (SSSR count). The van der Waals surface area contributed by atoms with Crippen LogP contribution in [-0.4, -0.2) is 35.5 Å². The fourth-order valence-electron chi connectivity index (χ4n) is 1.58. The molecule has 0 heterocycles. The molecule has 18 heavy (non-hydrogen) atoms. The number of phenols is 1. The Balaban J connectivity index is 2.57. The SMILES string of the molecule is CCN(C)C(=O)C(C)NCc1cc(O)cc(F)c1. The second-order valence-corrected chi connectivity index (χ2v) is 4.27. The lowest BCUT2D eigenvalue weighted by atomic mass is 10.2. The number of carbonyl (C=O) groups excluding carboxylic acids is 1. The van der Waals surface area contributed by atoms with Gasteiger partial charge >= 0.3 is 0 Å². The van der Waals surface area contributed by atoms with Crippen LogP contribution in [0.2, 0.25) is 0 Å². The molecule has 0 aromatic heterocycles. The first-order valence-corrected chi connectivity index (χ1v) is 5.90. The summed E-state index contributed by atoms with van der Waals surface area (Å²) < 4.78 is 13.0. The van der Waals surface area contributed by atoms with Gasteiger partial charge in [-0.1, -0.05) is 0 Å². The highest BCUT2D eigenvalue weighted by molar-refractivity contribution is 5.81. The maximum atomic E-state index is 13.0. The van der Waals surface area contributed by atoms with Gasteiger partial charge in [-0.2, -0.15) is 0 Å². The first kappa shape index (κ1) is 14.4. The molecule has 0 aliphatic rings. The number of hydrogen-bond acceptors (Lipinski definition) is 3. The van der Waals surface area contributed by atoms with Crippen LogP contribution in [-0.2, 0) is 11.3 Å². The van der Waals surface area contributed by atoms with E-state index in [9.17, 15) is 14.3 Å². The van der Waals surface area contributed by atoms with Crippen LogP contribution in [0.25, 0.3) is 0 Å². The predicted molar refractivity (Wildman–Crippen MR) is 67.7 cm³/mol. The molecule has 1 unspecified atom stereocenters. The summed E-state index contributed by atoms with van der Waals surface area (Å²) in [5.41, 5.74) is 0.603. The number of rotatable bonds is 5. The molecule has 1 aromatic rings. The standard InChI is InChI=1S/C13H19FN2O2/c1-4-16(3)13(18)9(2)15-8-10-5-11(14)7-12(17)6-10/h5-7,9,15,17H,4,8H2,1-3H3. The molecule has 1 aromatic carbocycles. The number of likely N-dealkylation sites (N-methyl/N-ethyl adjacent to an activating group) is 1. The Morgan fingerprint density at radius 3 is 2.72 bits per heavy atom. The minimum Gasteiger partial charge on any atom is -0.508 e. The molecular weight excluding hydrogens is 235 g/mol. The third-order valence-corrected chi connectivity index (χ3v) is 2.78. The molecule has 0 fully saturated rings. The number of aromatic hydroxyl groups is 1. The van der Waals surface area contributed by atoms with Crippen LogP contribution in [0.5, 0.6) is 5.75 Å². The molecule has 1 atom stereocenters. The molecule has 100 valence electrons. The van der Waals surface area contributed by atoms with Crippen molar-refractivity contribution in [2.24, 2.45) is 0 Å². The van der Waals surface area contributed by atoms with E-state index in [1.54, 1.807) is 18.9 Å². The van der Waals surface area contributed by atoms with E-state index in [2.05, 4.69) is 5.32 Å². The smallest absolute Gasteiger partial charge is 0.239 e. The minimum atomic E-state index is -0.489. The normalized spacial score (nSPS) is 12.2. The highest BCUT2D eigenvalue weighted by Crippen LogP contribution is 2.14. The van der Waals surface area contributed by atoms with Crippen molar-refractivity contribution < 1.29 is 14.3 Å². The number of benzene rings is 1. The monoisotopic (exact) mass is 254 g/mol. The molecule has 1 amide bonds. The first-order chi connectivity index (χ1) is 8.43. The number of phenolic OH excluding ortho intramolecular Hbond substituents is 1. The maximum absolute atomic E-state index is 13.0. The Morgan fingerprint density at radius 1 is 1.50 bits per heavy atom. The fourth-order valence-corrected chi connectivity index (χ4v) is 1.58. The van der Waals surface area contributed by atoms with E-state index in [1.807, 2.05) is 6.92 Å². The van der Waals surface area contributed by atoms with Gasteiger partial charge in [-0.15, -0.1) is 0 Å². The summed E-state index contributed by atoms with van der Waals surface area (Å²) in [4.78, 5) is 13.4. The van der Waals surface area contributed by atoms with Crippen LogP contribution < -0.4 is 5.32 Å². The molecule has 0 saturated heterocycles. The van der Waals surface area contributed by atoms with Crippen molar-refractivity contribution in [2.45, 2.75) is 26.4 Å². The lowest BCUT2D eigenvalue weighted by Gasteiger charge is -2.20. The van der Waals surface area contributed by atoms with E-state index in [1.165, 1.54) is 12.1 Å².